The number of rotatable bonds is 1. The number of alkyl halides is 3. The van der Waals surface area contributed by atoms with Crippen molar-refractivity contribution >= 4 is 0 Å². The van der Waals surface area contributed by atoms with Crippen molar-refractivity contribution < 1.29 is 17.9 Å². The van der Waals surface area contributed by atoms with Gasteiger partial charge in [0.25, 0.3) is 0 Å². The van der Waals surface area contributed by atoms with Gasteiger partial charge in [-0.05, 0) is 22.8 Å². The van der Waals surface area contributed by atoms with Gasteiger partial charge in [0.15, 0.2) is 0 Å². The van der Waals surface area contributed by atoms with Crippen molar-refractivity contribution in [3.8, 4) is 28.0 Å². The van der Waals surface area contributed by atoms with Crippen LogP contribution in [0, 0.1) is 0 Å². The van der Waals surface area contributed by atoms with Crippen LogP contribution in [-0.4, -0.2) is 6.36 Å². The van der Waals surface area contributed by atoms with E-state index in [1.807, 2.05) is 12.1 Å². The van der Waals surface area contributed by atoms with Gasteiger partial charge in [0.05, 0.1) is 0 Å². The second-order valence-electron chi connectivity index (χ2n) is 3.77. The molecule has 1 nitrogen and oxygen atoms in total. The highest BCUT2D eigenvalue weighted by atomic mass is 19.4. The van der Waals surface area contributed by atoms with Gasteiger partial charge in [-0.2, -0.15) is 0 Å². The lowest BCUT2D eigenvalue weighted by molar-refractivity contribution is -0.274. The summed E-state index contributed by atoms with van der Waals surface area (Å²) in [6.07, 6.45) is -4.65. The summed E-state index contributed by atoms with van der Waals surface area (Å²) in [7, 11) is 0. The third-order valence-corrected chi connectivity index (χ3v) is 2.74. The van der Waals surface area contributed by atoms with E-state index in [1.54, 1.807) is 24.3 Å². The molecule has 1 aliphatic carbocycles. The highest BCUT2D eigenvalue weighted by Crippen LogP contribution is 2.52. The molecule has 0 saturated carbocycles. The fourth-order valence-corrected chi connectivity index (χ4v) is 2.12. The monoisotopic (exact) mass is 236 g/mol. The maximum atomic E-state index is 12.2. The molecule has 17 heavy (non-hydrogen) atoms. The molecule has 4 heteroatoms. The van der Waals surface area contributed by atoms with Crippen molar-refractivity contribution in [2.24, 2.45) is 0 Å². The summed E-state index contributed by atoms with van der Waals surface area (Å²) in [5, 5.41) is 0. The molecule has 0 N–H and O–H groups in total. The summed E-state index contributed by atoms with van der Waals surface area (Å²) in [4.78, 5) is 0. The average Bonchev–Trinajstić information content (AvgIpc) is 2.23. The predicted octanol–water partition coefficient (Wildman–Crippen LogP) is 4.23. The number of hydrogen-bond acceptors (Lipinski definition) is 1. The summed E-state index contributed by atoms with van der Waals surface area (Å²) < 4.78 is 40.7. The molecule has 0 aromatic heterocycles. The molecule has 2 aromatic carbocycles. The number of hydrogen-bond donors (Lipinski definition) is 0. The van der Waals surface area contributed by atoms with Crippen molar-refractivity contribution in [3.63, 3.8) is 0 Å². The minimum Gasteiger partial charge on any atom is -0.405 e. The normalized spacial score (nSPS) is 12.4. The van der Waals surface area contributed by atoms with Crippen molar-refractivity contribution in [2.45, 2.75) is 6.36 Å². The molecule has 0 aliphatic heterocycles. The quantitative estimate of drug-likeness (QED) is 0.614. The fraction of sp³-hybridized carbons (Fsp3) is 0.0769. The average molecular weight is 236 g/mol. The van der Waals surface area contributed by atoms with Gasteiger partial charge < -0.3 is 4.74 Å². The Morgan fingerprint density at radius 3 is 2.12 bits per heavy atom. The third-order valence-electron chi connectivity index (χ3n) is 2.74. The molecule has 0 bridgehead atoms. The highest BCUT2D eigenvalue weighted by molar-refractivity contribution is 6.04. The number of benzene rings is 2. The highest BCUT2D eigenvalue weighted by Gasteiger charge is 2.35. The van der Waals surface area contributed by atoms with Crippen molar-refractivity contribution in [3.05, 3.63) is 42.5 Å². The Morgan fingerprint density at radius 2 is 1.41 bits per heavy atom. The summed E-state index contributed by atoms with van der Waals surface area (Å²) in [6.45, 7) is 0. The minimum absolute atomic E-state index is 0.131. The molecular formula is C13H7F3O. The van der Waals surface area contributed by atoms with Crippen LogP contribution in [0.3, 0.4) is 0 Å². The molecule has 0 fully saturated rings. The van der Waals surface area contributed by atoms with Crippen LogP contribution in [0.15, 0.2) is 42.5 Å². The van der Waals surface area contributed by atoms with Gasteiger partial charge in [0, 0.05) is 5.56 Å². The van der Waals surface area contributed by atoms with E-state index < -0.39 is 6.36 Å². The van der Waals surface area contributed by atoms with Gasteiger partial charge in [-0.3, -0.25) is 0 Å². The van der Waals surface area contributed by atoms with Crippen LogP contribution < -0.4 is 4.74 Å². The molecule has 2 aromatic rings. The molecular weight excluding hydrogens is 229 g/mol. The van der Waals surface area contributed by atoms with Crippen LogP contribution in [0.25, 0.3) is 22.3 Å². The second-order valence-corrected chi connectivity index (χ2v) is 3.77. The molecule has 0 unspecified atom stereocenters. The van der Waals surface area contributed by atoms with E-state index in [2.05, 4.69) is 4.74 Å². The molecule has 0 heterocycles. The van der Waals surface area contributed by atoms with Crippen LogP contribution in [0.4, 0.5) is 13.2 Å². The first-order valence-corrected chi connectivity index (χ1v) is 5.05. The smallest absolute Gasteiger partial charge is 0.405 e. The van der Waals surface area contributed by atoms with E-state index in [-0.39, 0.29) is 5.75 Å². The Hall–Kier alpha value is -1.97. The van der Waals surface area contributed by atoms with Crippen LogP contribution in [0.2, 0.25) is 0 Å². The lowest BCUT2D eigenvalue weighted by Gasteiger charge is -2.26. The minimum atomic E-state index is -4.65. The van der Waals surface area contributed by atoms with Crippen LogP contribution >= 0.6 is 0 Å². The Kier molecular flexibility index (Phi) is 1.96. The molecule has 1 aliphatic rings. The topological polar surface area (TPSA) is 9.23 Å². The van der Waals surface area contributed by atoms with Crippen LogP contribution in [0.1, 0.15) is 0 Å². The van der Waals surface area contributed by atoms with Gasteiger partial charge in [-0.1, -0.05) is 36.4 Å². The molecule has 0 atom stereocenters. The molecule has 86 valence electrons. The van der Waals surface area contributed by atoms with Crippen molar-refractivity contribution in [1.82, 2.24) is 0 Å². The first-order chi connectivity index (χ1) is 8.06. The molecule has 0 amide bonds. The summed E-state index contributed by atoms with van der Waals surface area (Å²) >= 11 is 0. The zero-order chi connectivity index (χ0) is 12.0. The summed E-state index contributed by atoms with van der Waals surface area (Å²) in [6, 6.07) is 12.0. The maximum Gasteiger partial charge on any atom is 0.573 e. The summed E-state index contributed by atoms with van der Waals surface area (Å²) in [5.74, 6) is -0.131. The molecule has 3 rings (SSSR count). The summed E-state index contributed by atoms with van der Waals surface area (Å²) in [5.41, 5.74) is 3.13. The maximum absolute atomic E-state index is 12.2. The van der Waals surface area contributed by atoms with Gasteiger partial charge in [-0.15, -0.1) is 13.2 Å². The molecule has 0 saturated heterocycles. The predicted molar refractivity (Wildman–Crippen MR) is 57.6 cm³/mol. The van der Waals surface area contributed by atoms with E-state index in [0.29, 0.717) is 5.56 Å². The number of fused-ring (bicyclic) bond motifs is 4. The Labute approximate surface area is 95.5 Å². The standard InChI is InChI=1S/C13H7F3O/c14-13(15,16)17-11-7-3-6-10-8-4-1-2-5-9(8)12(10)11/h1-7H. The molecule has 0 radical (unpaired) electrons. The molecule has 0 spiro atoms. The largest absolute Gasteiger partial charge is 0.573 e. The van der Waals surface area contributed by atoms with Gasteiger partial charge in [0.1, 0.15) is 5.75 Å². The Bertz CT molecular complexity index is 587. The zero-order valence-corrected chi connectivity index (χ0v) is 8.58. The number of ether oxygens (including phenoxy) is 1. The SMILES string of the molecule is FC(F)(F)Oc1cccc2c1-c1ccccc1-2. The Balaban J connectivity index is 2.09. The van der Waals surface area contributed by atoms with Crippen LogP contribution in [0.5, 0.6) is 5.75 Å². The van der Waals surface area contributed by atoms with Gasteiger partial charge in [-0.25, -0.2) is 0 Å². The first kappa shape index (κ1) is 10.2. The van der Waals surface area contributed by atoms with Crippen molar-refractivity contribution in [2.75, 3.05) is 0 Å². The van der Waals surface area contributed by atoms with Crippen LogP contribution in [-0.2, 0) is 0 Å². The van der Waals surface area contributed by atoms with E-state index in [4.69, 9.17) is 0 Å². The number of halogens is 3. The third kappa shape index (κ3) is 1.56. The van der Waals surface area contributed by atoms with Gasteiger partial charge in [0.2, 0.25) is 0 Å². The van der Waals surface area contributed by atoms with E-state index >= 15 is 0 Å². The van der Waals surface area contributed by atoms with E-state index in [0.717, 1.165) is 16.7 Å². The lowest BCUT2D eigenvalue weighted by atomic mass is 9.80. The lowest BCUT2D eigenvalue weighted by Crippen LogP contribution is -2.18. The second kappa shape index (κ2) is 3.26. The Morgan fingerprint density at radius 1 is 0.765 bits per heavy atom. The fourth-order valence-electron chi connectivity index (χ4n) is 2.12. The van der Waals surface area contributed by atoms with E-state index in [9.17, 15) is 13.2 Å². The van der Waals surface area contributed by atoms with Crippen molar-refractivity contribution in [1.29, 1.82) is 0 Å². The first-order valence-electron chi connectivity index (χ1n) is 5.05. The van der Waals surface area contributed by atoms with Gasteiger partial charge >= 0.3 is 6.36 Å². The zero-order valence-electron chi connectivity index (χ0n) is 8.58. The van der Waals surface area contributed by atoms with E-state index in [1.165, 1.54) is 6.07 Å².